The third-order valence-corrected chi connectivity index (χ3v) is 6.64. The van der Waals surface area contributed by atoms with E-state index in [0.29, 0.717) is 24.0 Å². The molecule has 0 atom stereocenters. The van der Waals surface area contributed by atoms with Crippen molar-refractivity contribution in [1.29, 1.82) is 0 Å². The molecule has 1 aliphatic carbocycles. The molecule has 1 aliphatic rings. The Kier molecular flexibility index (Phi) is 7.35. The summed E-state index contributed by atoms with van der Waals surface area (Å²) in [5.74, 6) is 0.0766. The van der Waals surface area contributed by atoms with E-state index in [1.165, 1.54) is 6.20 Å². The van der Waals surface area contributed by atoms with Crippen LogP contribution in [0.2, 0.25) is 0 Å². The van der Waals surface area contributed by atoms with Crippen LogP contribution in [0, 0.1) is 11.7 Å². The van der Waals surface area contributed by atoms with Gasteiger partial charge in [-0.1, -0.05) is 48.5 Å². The number of anilines is 1. The number of ether oxygens (including phenoxy) is 1. The van der Waals surface area contributed by atoms with Gasteiger partial charge in [0.2, 0.25) is 17.7 Å². The highest BCUT2D eigenvalue weighted by Gasteiger charge is 2.25. The topological polar surface area (TPSA) is 103 Å². The number of hydrogen-bond acceptors (Lipinski definition) is 6. The molecule has 5 rings (SSSR count). The molecule has 1 fully saturated rings. The lowest BCUT2D eigenvalue weighted by molar-refractivity contribution is -0.122. The van der Waals surface area contributed by atoms with Gasteiger partial charge in [0.1, 0.15) is 12.3 Å². The van der Waals surface area contributed by atoms with Crippen molar-refractivity contribution < 1.29 is 13.9 Å². The molecule has 3 N–H and O–H groups in total. The van der Waals surface area contributed by atoms with Crippen LogP contribution in [0.25, 0.3) is 22.4 Å². The van der Waals surface area contributed by atoms with Gasteiger partial charge in [0.15, 0.2) is 5.82 Å². The van der Waals surface area contributed by atoms with Gasteiger partial charge in [0, 0.05) is 35.3 Å². The van der Waals surface area contributed by atoms with E-state index in [4.69, 9.17) is 10.5 Å². The molecule has 0 saturated heterocycles. The predicted molar refractivity (Wildman–Crippen MR) is 140 cm³/mol. The van der Waals surface area contributed by atoms with Crippen LogP contribution in [0.4, 0.5) is 10.3 Å². The number of carbonyl (C=O) groups is 1. The Balaban J connectivity index is 1.28. The van der Waals surface area contributed by atoms with Crippen LogP contribution < -0.4 is 15.8 Å². The summed E-state index contributed by atoms with van der Waals surface area (Å²) < 4.78 is 20.5. The van der Waals surface area contributed by atoms with E-state index >= 15 is 0 Å². The molecule has 8 heteroatoms. The molecular formula is C29H28FN5O2. The minimum Gasteiger partial charge on any atom is -0.473 e. The van der Waals surface area contributed by atoms with E-state index in [2.05, 4.69) is 20.3 Å². The van der Waals surface area contributed by atoms with Gasteiger partial charge in [0.05, 0.1) is 6.20 Å². The average molecular weight is 498 g/mol. The molecule has 2 heterocycles. The Morgan fingerprint density at radius 2 is 1.70 bits per heavy atom. The molecule has 37 heavy (non-hydrogen) atoms. The number of aromatic nitrogens is 3. The standard InChI is InChI=1S/C29H28FN5O2/c30-25-17-33-29(34-24-12-9-20(10-13-24)28(31)36)35-27(25)22-8-4-7-21(15-22)23-11-14-26(32-16-23)37-18-19-5-2-1-3-6-19/h1-8,11,14-17,20,24H,9-10,12-13,18H2,(H2,31,36)(H,33,34,35). The number of benzene rings is 2. The van der Waals surface area contributed by atoms with Crippen molar-refractivity contribution in [2.45, 2.75) is 38.3 Å². The van der Waals surface area contributed by atoms with Gasteiger partial charge >= 0.3 is 0 Å². The lowest BCUT2D eigenvalue weighted by Gasteiger charge is -2.27. The molecule has 0 unspecified atom stereocenters. The molecule has 0 spiro atoms. The zero-order chi connectivity index (χ0) is 25.6. The fraction of sp³-hybridized carbons (Fsp3) is 0.241. The first-order valence-corrected chi connectivity index (χ1v) is 12.4. The van der Waals surface area contributed by atoms with Crippen molar-refractivity contribution in [2.24, 2.45) is 11.7 Å². The number of halogens is 1. The zero-order valence-corrected chi connectivity index (χ0v) is 20.3. The van der Waals surface area contributed by atoms with Crippen LogP contribution in [0.3, 0.4) is 0 Å². The number of nitrogens with zero attached hydrogens (tertiary/aromatic N) is 3. The van der Waals surface area contributed by atoms with Crippen LogP contribution >= 0.6 is 0 Å². The Morgan fingerprint density at radius 1 is 0.919 bits per heavy atom. The fourth-order valence-electron chi connectivity index (χ4n) is 4.56. The molecule has 1 saturated carbocycles. The van der Waals surface area contributed by atoms with Crippen molar-refractivity contribution in [2.75, 3.05) is 5.32 Å². The maximum Gasteiger partial charge on any atom is 0.223 e. The van der Waals surface area contributed by atoms with Gasteiger partial charge in [-0.3, -0.25) is 4.79 Å². The molecule has 2 aromatic heterocycles. The highest BCUT2D eigenvalue weighted by Crippen LogP contribution is 2.29. The third kappa shape index (κ3) is 6.09. The number of nitrogens with one attached hydrogen (secondary N) is 1. The Hall–Kier alpha value is -4.33. The summed E-state index contributed by atoms with van der Waals surface area (Å²) in [6, 6.07) is 21.3. The number of primary amides is 1. The van der Waals surface area contributed by atoms with Crippen LogP contribution in [-0.4, -0.2) is 26.9 Å². The minimum atomic E-state index is -0.497. The molecule has 188 valence electrons. The van der Waals surface area contributed by atoms with Crippen LogP contribution in [-0.2, 0) is 11.4 Å². The third-order valence-electron chi connectivity index (χ3n) is 6.64. The lowest BCUT2D eigenvalue weighted by Crippen LogP contribution is -2.32. The number of amides is 1. The average Bonchev–Trinajstić information content (AvgIpc) is 2.94. The summed E-state index contributed by atoms with van der Waals surface area (Å²) in [4.78, 5) is 24.4. The van der Waals surface area contributed by atoms with Crippen molar-refractivity contribution in [1.82, 2.24) is 15.0 Å². The monoisotopic (exact) mass is 497 g/mol. The van der Waals surface area contributed by atoms with Gasteiger partial charge in [-0.25, -0.2) is 19.3 Å². The molecule has 7 nitrogen and oxygen atoms in total. The second-order valence-corrected chi connectivity index (χ2v) is 9.23. The minimum absolute atomic E-state index is 0.0792. The number of nitrogens with two attached hydrogens (primary N) is 1. The first-order valence-electron chi connectivity index (χ1n) is 12.4. The molecule has 4 aromatic rings. The van der Waals surface area contributed by atoms with Crippen molar-refractivity contribution in [3.05, 3.63) is 90.5 Å². The summed E-state index contributed by atoms with van der Waals surface area (Å²) in [6.45, 7) is 0.443. The van der Waals surface area contributed by atoms with E-state index in [9.17, 15) is 9.18 Å². The van der Waals surface area contributed by atoms with E-state index in [1.807, 2.05) is 66.7 Å². The van der Waals surface area contributed by atoms with Crippen molar-refractivity contribution >= 4 is 11.9 Å². The molecule has 2 aromatic carbocycles. The maximum absolute atomic E-state index is 14.8. The summed E-state index contributed by atoms with van der Waals surface area (Å²) in [5, 5.41) is 3.29. The van der Waals surface area contributed by atoms with Gasteiger partial charge in [-0.2, -0.15) is 0 Å². The summed E-state index contributed by atoms with van der Waals surface area (Å²) >= 11 is 0. The summed E-state index contributed by atoms with van der Waals surface area (Å²) in [5.41, 5.74) is 9.13. The molecule has 0 radical (unpaired) electrons. The number of rotatable bonds is 8. The molecular weight excluding hydrogens is 469 g/mol. The van der Waals surface area contributed by atoms with Gasteiger partial charge in [-0.15, -0.1) is 0 Å². The van der Waals surface area contributed by atoms with Gasteiger partial charge in [0.25, 0.3) is 0 Å². The molecule has 1 amide bonds. The first-order chi connectivity index (χ1) is 18.0. The Labute approximate surface area is 215 Å². The highest BCUT2D eigenvalue weighted by atomic mass is 19.1. The Morgan fingerprint density at radius 3 is 2.43 bits per heavy atom. The summed E-state index contributed by atoms with van der Waals surface area (Å²) in [7, 11) is 0. The summed E-state index contributed by atoms with van der Waals surface area (Å²) in [6.07, 6.45) is 5.97. The van der Waals surface area contributed by atoms with Crippen LogP contribution in [0.1, 0.15) is 31.2 Å². The van der Waals surface area contributed by atoms with Crippen LogP contribution in [0.15, 0.2) is 79.1 Å². The number of pyridine rings is 1. The largest absolute Gasteiger partial charge is 0.473 e. The second kappa shape index (κ2) is 11.2. The van der Waals surface area contributed by atoms with Gasteiger partial charge in [-0.05, 0) is 48.9 Å². The zero-order valence-electron chi connectivity index (χ0n) is 20.3. The van der Waals surface area contributed by atoms with E-state index < -0.39 is 5.82 Å². The number of carbonyl (C=O) groups excluding carboxylic acids is 1. The van der Waals surface area contributed by atoms with Crippen LogP contribution in [0.5, 0.6) is 5.88 Å². The first kappa shape index (κ1) is 24.4. The lowest BCUT2D eigenvalue weighted by atomic mass is 9.86. The number of hydrogen-bond donors (Lipinski definition) is 2. The normalized spacial score (nSPS) is 17.2. The fourth-order valence-corrected chi connectivity index (χ4v) is 4.56. The second-order valence-electron chi connectivity index (χ2n) is 9.23. The predicted octanol–water partition coefficient (Wildman–Crippen LogP) is 5.38. The molecule has 0 bridgehead atoms. The maximum atomic E-state index is 14.8. The van der Waals surface area contributed by atoms with E-state index in [-0.39, 0.29) is 23.6 Å². The van der Waals surface area contributed by atoms with Gasteiger partial charge < -0.3 is 15.8 Å². The van der Waals surface area contributed by atoms with E-state index in [1.54, 1.807) is 6.20 Å². The van der Waals surface area contributed by atoms with E-state index in [0.717, 1.165) is 42.4 Å². The quantitative estimate of drug-likeness (QED) is 0.339. The smallest absolute Gasteiger partial charge is 0.223 e. The SMILES string of the molecule is NC(=O)C1CCC(Nc2ncc(F)c(-c3cccc(-c4ccc(OCc5ccccc5)nc4)c3)n2)CC1. The highest BCUT2D eigenvalue weighted by molar-refractivity contribution is 5.76. The van der Waals surface area contributed by atoms with Crippen molar-refractivity contribution in [3.63, 3.8) is 0 Å². The van der Waals surface area contributed by atoms with Crippen molar-refractivity contribution in [3.8, 4) is 28.3 Å². The molecule has 0 aliphatic heterocycles. The Bertz CT molecular complexity index is 1360.